The maximum atomic E-state index is 6.73. The molecule has 0 unspecified atom stereocenters. The molecule has 0 spiro atoms. The average molecular weight is 353 g/mol. The number of ether oxygens (including phenoxy) is 3. The van der Waals surface area contributed by atoms with Crippen molar-refractivity contribution >= 4 is 11.6 Å². The van der Waals surface area contributed by atoms with Gasteiger partial charge in [-0.1, -0.05) is 48.0 Å². The molecule has 1 heterocycles. The maximum absolute atomic E-state index is 6.73. The van der Waals surface area contributed by atoms with Crippen molar-refractivity contribution in [2.75, 3.05) is 13.4 Å². The van der Waals surface area contributed by atoms with Gasteiger partial charge in [-0.3, -0.25) is 0 Å². The number of fused-ring (bicyclic) bond motifs is 1. The third-order valence-electron chi connectivity index (χ3n) is 4.16. The van der Waals surface area contributed by atoms with E-state index in [1.165, 1.54) is 0 Å². The molecule has 1 aliphatic heterocycles. The zero-order valence-electron chi connectivity index (χ0n) is 13.8. The minimum Gasteiger partial charge on any atom is -0.494 e. The van der Waals surface area contributed by atoms with Crippen LogP contribution < -0.4 is 14.2 Å². The molecule has 3 nitrogen and oxygen atoms in total. The van der Waals surface area contributed by atoms with Crippen molar-refractivity contribution in [1.82, 2.24) is 0 Å². The smallest absolute Gasteiger partial charge is 0.231 e. The van der Waals surface area contributed by atoms with E-state index in [0.717, 1.165) is 39.5 Å². The zero-order chi connectivity index (χ0) is 17.2. The summed E-state index contributed by atoms with van der Waals surface area (Å²) in [5.41, 5.74) is 4.00. The Morgan fingerprint density at radius 3 is 2.32 bits per heavy atom. The van der Waals surface area contributed by atoms with Gasteiger partial charge in [-0.25, -0.2) is 0 Å². The van der Waals surface area contributed by atoms with Gasteiger partial charge < -0.3 is 14.2 Å². The SMILES string of the molecule is CCOc1ccc(-c2cccc(-c3ccc4c(c3)OCO4)c2Cl)cc1. The predicted octanol–water partition coefficient (Wildman–Crippen LogP) is 5.80. The maximum Gasteiger partial charge on any atom is 0.231 e. The third-order valence-corrected chi connectivity index (χ3v) is 4.57. The molecule has 4 rings (SSSR count). The van der Waals surface area contributed by atoms with Gasteiger partial charge in [0.05, 0.1) is 11.6 Å². The van der Waals surface area contributed by atoms with Gasteiger partial charge in [-0.2, -0.15) is 0 Å². The summed E-state index contributed by atoms with van der Waals surface area (Å²) in [6.07, 6.45) is 0. The fraction of sp³-hybridized carbons (Fsp3) is 0.143. The monoisotopic (exact) mass is 352 g/mol. The van der Waals surface area contributed by atoms with Crippen LogP contribution in [-0.2, 0) is 0 Å². The Labute approximate surface area is 151 Å². The van der Waals surface area contributed by atoms with E-state index in [1.54, 1.807) is 0 Å². The second-order valence-corrected chi connectivity index (χ2v) is 6.07. The Morgan fingerprint density at radius 2 is 1.56 bits per heavy atom. The molecule has 0 N–H and O–H groups in total. The lowest BCUT2D eigenvalue weighted by Crippen LogP contribution is -1.92. The molecule has 0 amide bonds. The average Bonchev–Trinajstić information content (AvgIpc) is 3.11. The quantitative estimate of drug-likeness (QED) is 0.593. The summed E-state index contributed by atoms with van der Waals surface area (Å²) in [4.78, 5) is 0. The summed E-state index contributed by atoms with van der Waals surface area (Å²) >= 11 is 6.73. The highest BCUT2D eigenvalue weighted by Gasteiger charge is 2.16. The molecule has 1 aliphatic rings. The van der Waals surface area contributed by atoms with Gasteiger partial charge in [0.1, 0.15) is 5.75 Å². The lowest BCUT2D eigenvalue weighted by molar-refractivity contribution is 0.174. The molecule has 3 aromatic carbocycles. The highest BCUT2D eigenvalue weighted by molar-refractivity contribution is 6.36. The van der Waals surface area contributed by atoms with Crippen LogP contribution in [-0.4, -0.2) is 13.4 Å². The highest BCUT2D eigenvalue weighted by Crippen LogP contribution is 2.41. The Balaban J connectivity index is 1.73. The van der Waals surface area contributed by atoms with Crippen LogP contribution in [0.1, 0.15) is 6.92 Å². The van der Waals surface area contributed by atoms with E-state index in [9.17, 15) is 0 Å². The lowest BCUT2D eigenvalue weighted by Gasteiger charge is -2.11. The van der Waals surface area contributed by atoms with Crippen LogP contribution in [0.15, 0.2) is 60.7 Å². The standard InChI is InChI=1S/C21H17ClO3/c1-2-23-16-9-6-14(7-10-16)17-4-3-5-18(21(17)22)15-8-11-19-20(12-15)25-13-24-19/h3-12H,2,13H2,1H3. The van der Waals surface area contributed by atoms with E-state index in [-0.39, 0.29) is 6.79 Å². The van der Waals surface area contributed by atoms with Crippen molar-refractivity contribution in [3.8, 4) is 39.5 Å². The second kappa shape index (κ2) is 6.69. The molecule has 3 aromatic rings. The predicted molar refractivity (Wildman–Crippen MR) is 99.6 cm³/mol. The molecular formula is C21H17ClO3. The van der Waals surface area contributed by atoms with Gasteiger partial charge in [0, 0.05) is 11.1 Å². The first-order valence-electron chi connectivity index (χ1n) is 8.18. The summed E-state index contributed by atoms with van der Waals surface area (Å²) < 4.78 is 16.4. The van der Waals surface area contributed by atoms with E-state index >= 15 is 0 Å². The molecule has 0 aliphatic carbocycles. The van der Waals surface area contributed by atoms with Crippen LogP contribution in [0.25, 0.3) is 22.3 Å². The van der Waals surface area contributed by atoms with Crippen molar-refractivity contribution in [3.63, 3.8) is 0 Å². The molecule has 25 heavy (non-hydrogen) atoms. The van der Waals surface area contributed by atoms with Crippen LogP contribution >= 0.6 is 11.6 Å². The Hall–Kier alpha value is -2.65. The summed E-state index contributed by atoms with van der Waals surface area (Å²) in [6, 6.07) is 19.9. The molecule has 0 bridgehead atoms. The molecule has 0 aromatic heterocycles. The van der Waals surface area contributed by atoms with E-state index in [1.807, 2.05) is 67.6 Å². The minimum absolute atomic E-state index is 0.263. The second-order valence-electron chi connectivity index (χ2n) is 5.69. The van der Waals surface area contributed by atoms with Crippen LogP contribution in [0.3, 0.4) is 0 Å². The molecule has 0 saturated heterocycles. The largest absolute Gasteiger partial charge is 0.494 e. The van der Waals surface area contributed by atoms with Crippen LogP contribution in [0, 0.1) is 0 Å². The number of hydrogen-bond acceptors (Lipinski definition) is 3. The van der Waals surface area contributed by atoms with Gasteiger partial charge in [0.15, 0.2) is 11.5 Å². The summed E-state index contributed by atoms with van der Waals surface area (Å²) in [6.45, 7) is 2.89. The van der Waals surface area contributed by atoms with Crippen molar-refractivity contribution in [1.29, 1.82) is 0 Å². The van der Waals surface area contributed by atoms with E-state index in [2.05, 4.69) is 0 Å². The van der Waals surface area contributed by atoms with E-state index < -0.39 is 0 Å². The van der Waals surface area contributed by atoms with Crippen LogP contribution in [0.5, 0.6) is 17.2 Å². The number of hydrogen-bond donors (Lipinski definition) is 0. The first kappa shape index (κ1) is 15.9. The first-order valence-corrected chi connectivity index (χ1v) is 8.56. The zero-order valence-corrected chi connectivity index (χ0v) is 14.5. The summed E-state index contributed by atoms with van der Waals surface area (Å²) in [7, 11) is 0. The lowest BCUT2D eigenvalue weighted by atomic mass is 9.98. The fourth-order valence-corrected chi connectivity index (χ4v) is 3.28. The molecule has 0 radical (unpaired) electrons. The van der Waals surface area contributed by atoms with Crippen molar-refractivity contribution < 1.29 is 14.2 Å². The first-order chi connectivity index (χ1) is 12.3. The number of rotatable bonds is 4. The van der Waals surface area contributed by atoms with E-state index in [4.69, 9.17) is 25.8 Å². The van der Waals surface area contributed by atoms with E-state index in [0.29, 0.717) is 11.6 Å². The third kappa shape index (κ3) is 3.03. The summed E-state index contributed by atoms with van der Waals surface area (Å²) in [5.74, 6) is 2.37. The van der Waals surface area contributed by atoms with Crippen molar-refractivity contribution in [3.05, 3.63) is 65.7 Å². The number of halogens is 1. The Morgan fingerprint density at radius 1 is 0.880 bits per heavy atom. The van der Waals surface area contributed by atoms with Crippen LogP contribution in [0.4, 0.5) is 0 Å². The summed E-state index contributed by atoms with van der Waals surface area (Å²) in [5, 5.41) is 0.713. The molecule has 0 atom stereocenters. The Bertz CT molecular complexity index is 904. The van der Waals surface area contributed by atoms with Crippen molar-refractivity contribution in [2.45, 2.75) is 6.92 Å². The molecule has 4 heteroatoms. The molecule has 0 saturated carbocycles. The van der Waals surface area contributed by atoms with Gasteiger partial charge in [0.2, 0.25) is 6.79 Å². The van der Waals surface area contributed by atoms with Gasteiger partial charge in [-0.15, -0.1) is 0 Å². The highest BCUT2D eigenvalue weighted by atomic mass is 35.5. The molecular weight excluding hydrogens is 336 g/mol. The molecule has 0 fully saturated rings. The van der Waals surface area contributed by atoms with Gasteiger partial charge in [0.25, 0.3) is 0 Å². The van der Waals surface area contributed by atoms with Gasteiger partial charge in [-0.05, 0) is 42.3 Å². The Kier molecular flexibility index (Phi) is 4.24. The van der Waals surface area contributed by atoms with Crippen LogP contribution in [0.2, 0.25) is 5.02 Å². The normalized spacial score (nSPS) is 12.2. The minimum atomic E-state index is 0.263. The topological polar surface area (TPSA) is 27.7 Å². The number of benzene rings is 3. The van der Waals surface area contributed by atoms with Crippen molar-refractivity contribution in [2.24, 2.45) is 0 Å². The molecule has 126 valence electrons. The van der Waals surface area contributed by atoms with Gasteiger partial charge >= 0.3 is 0 Å². The fourth-order valence-electron chi connectivity index (χ4n) is 2.94.